The molecule has 2 unspecified atom stereocenters. The minimum Gasteiger partial charge on any atom is -0.490 e. The Kier molecular flexibility index (Phi) is 3.27. The average molecular weight is 225 g/mol. The van der Waals surface area contributed by atoms with Crippen molar-refractivity contribution in [2.24, 2.45) is 0 Å². The molecule has 0 aliphatic heterocycles. The van der Waals surface area contributed by atoms with Crippen LogP contribution in [-0.2, 0) is 4.79 Å². The molecule has 2 atom stereocenters. The number of Topliss-reactive ketones (excluding diaryl/α,β-unsaturated/α-hetero) is 1. The molecule has 80 valence electrons. The van der Waals surface area contributed by atoms with Gasteiger partial charge >= 0.3 is 0 Å². The van der Waals surface area contributed by atoms with Gasteiger partial charge in [0.2, 0.25) is 0 Å². The quantitative estimate of drug-likeness (QED) is 0.723. The minimum atomic E-state index is -0.368. The number of carbonyl (C=O) groups is 1. The number of para-hydroxylation sites is 1. The SMILES string of the molecule is O=C1CCC(Oc2ccccc2)CC1Cl. The highest BCUT2D eigenvalue weighted by atomic mass is 35.5. The summed E-state index contributed by atoms with van der Waals surface area (Å²) in [6.07, 6.45) is 2.00. The molecule has 2 rings (SSSR count). The lowest BCUT2D eigenvalue weighted by atomic mass is 9.96. The maximum absolute atomic E-state index is 11.2. The molecule has 1 aliphatic rings. The van der Waals surface area contributed by atoms with Crippen molar-refractivity contribution in [3.05, 3.63) is 30.3 Å². The molecule has 1 saturated carbocycles. The molecule has 1 aromatic carbocycles. The Morgan fingerprint density at radius 1 is 1.27 bits per heavy atom. The Bertz CT molecular complexity index is 337. The third-order valence-corrected chi connectivity index (χ3v) is 3.00. The van der Waals surface area contributed by atoms with Gasteiger partial charge in [0.1, 0.15) is 11.9 Å². The first-order valence-corrected chi connectivity index (χ1v) is 5.58. The van der Waals surface area contributed by atoms with Gasteiger partial charge < -0.3 is 4.74 Å². The molecule has 0 saturated heterocycles. The zero-order chi connectivity index (χ0) is 10.7. The summed E-state index contributed by atoms with van der Waals surface area (Å²) < 4.78 is 5.74. The van der Waals surface area contributed by atoms with Crippen molar-refractivity contribution in [2.45, 2.75) is 30.7 Å². The van der Waals surface area contributed by atoms with Gasteiger partial charge in [-0.2, -0.15) is 0 Å². The molecule has 0 amide bonds. The minimum absolute atomic E-state index is 0.0765. The molecule has 3 heteroatoms. The van der Waals surface area contributed by atoms with Crippen LogP contribution < -0.4 is 4.74 Å². The van der Waals surface area contributed by atoms with Gasteiger partial charge in [-0.05, 0) is 18.6 Å². The summed E-state index contributed by atoms with van der Waals surface area (Å²) in [6.45, 7) is 0. The highest BCUT2D eigenvalue weighted by molar-refractivity contribution is 6.31. The Balaban J connectivity index is 1.94. The summed E-state index contributed by atoms with van der Waals surface area (Å²) in [6, 6.07) is 9.64. The van der Waals surface area contributed by atoms with Crippen molar-refractivity contribution < 1.29 is 9.53 Å². The van der Waals surface area contributed by atoms with E-state index in [2.05, 4.69) is 0 Å². The fourth-order valence-corrected chi connectivity index (χ4v) is 2.05. The molecule has 0 bridgehead atoms. The van der Waals surface area contributed by atoms with E-state index >= 15 is 0 Å². The second kappa shape index (κ2) is 4.67. The number of hydrogen-bond acceptors (Lipinski definition) is 2. The number of rotatable bonds is 2. The second-order valence-corrected chi connectivity index (χ2v) is 4.29. The van der Waals surface area contributed by atoms with Gasteiger partial charge in [-0.15, -0.1) is 11.6 Å². The maximum Gasteiger partial charge on any atom is 0.150 e. The van der Waals surface area contributed by atoms with Gasteiger partial charge in [0.25, 0.3) is 0 Å². The topological polar surface area (TPSA) is 26.3 Å². The molecule has 1 aliphatic carbocycles. The van der Waals surface area contributed by atoms with Crippen molar-refractivity contribution in [3.63, 3.8) is 0 Å². The van der Waals surface area contributed by atoms with E-state index in [-0.39, 0.29) is 17.3 Å². The average Bonchev–Trinajstić information content (AvgIpc) is 2.25. The zero-order valence-corrected chi connectivity index (χ0v) is 9.11. The summed E-state index contributed by atoms with van der Waals surface area (Å²) >= 11 is 5.90. The van der Waals surface area contributed by atoms with Gasteiger partial charge in [0.05, 0.1) is 5.38 Å². The second-order valence-electron chi connectivity index (χ2n) is 3.76. The van der Waals surface area contributed by atoms with Crippen LogP contribution in [-0.4, -0.2) is 17.3 Å². The van der Waals surface area contributed by atoms with Gasteiger partial charge in [-0.3, -0.25) is 4.79 Å². The van der Waals surface area contributed by atoms with Gasteiger partial charge in [-0.25, -0.2) is 0 Å². The lowest BCUT2D eigenvalue weighted by molar-refractivity contribution is -0.121. The first-order chi connectivity index (χ1) is 7.25. The van der Waals surface area contributed by atoms with E-state index in [1.54, 1.807) is 0 Å². The van der Waals surface area contributed by atoms with Crippen LogP contribution in [0.5, 0.6) is 5.75 Å². The Labute approximate surface area is 94.2 Å². The van der Waals surface area contributed by atoms with Crippen molar-refractivity contribution in [1.29, 1.82) is 0 Å². The fourth-order valence-electron chi connectivity index (χ4n) is 1.74. The number of halogens is 1. The van der Waals surface area contributed by atoms with E-state index in [0.717, 1.165) is 12.2 Å². The lowest BCUT2D eigenvalue weighted by Gasteiger charge is -2.25. The molecule has 0 aromatic heterocycles. The molecule has 1 fully saturated rings. The fraction of sp³-hybridized carbons (Fsp3) is 0.417. The number of ketones is 1. The molecule has 2 nitrogen and oxygen atoms in total. The number of benzene rings is 1. The maximum atomic E-state index is 11.2. The van der Waals surface area contributed by atoms with E-state index in [9.17, 15) is 4.79 Å². The zero-order valence-electron chi connectivity index (χ0n) is 8.36. The molecule has 0 N–H and O–H groups in total. The summed E-state index contributed by atoms with van der Waals surface area (Å²) in [4.78, 5) is 11.2. The van der Waals surface area contributed by atoms with Crippen LogP contribution >= 0.6 is 11.6 Å². The Morgan fingerprint density at radius 2 is 2.00 bits per heavy atom. The van der Waals surface area contributed by atoms with E-state index in [1.807, 2.05) is 30.3 Å². The summed E-state index contributed by atoms with van der Waals surface area (Å²) in [7, 11) is 0. The Hall–Kier alpha value is -1.02. The summed E-state index contributed by atoms with van der Waals surface area (Å²) in [5, 5.41) is -0.368. The highest BCUT2D eigenvalue weighted by Crippen LogP contribution is 2.24. The van der Waals surface area contributed by atoms with Crippen LogP contribution in [0.25, 0.3) is 0 Å². The summed E-state index contributed by atoms with van der Waals surface area (Å²) in [5.41, 5.74) is 0. The van der Waals surface area contributed by atoms with Crippen LogP contribution in [0.3, 0.4) is 0 Å². The predicted octanol–water partition coefficient (Wildman–Crippen LogP) is 2.79. The molecule has 0 heterocycles. The van der Waals surface area contributed by atoms with Gasteiger partial charge in [0.15, 0.2) is 5.78 Å². The van der Waals surface area contributed by atoms with Crippen molar-refractivity contribution in [2.75, 3.05) is 0 Å². The predicted molar refractivity (Wildman–Crippen MR) is 59.4 cm³/mol. The van der Waals surface area contributed by atoms with Crippen molar-refractivity contribution in [3.8, 4) is 5.75 Å². The summed E-state index contributed by atoms with van der Waals surface area (Å²) in [5.74, 6) is 0.991. The van der Waals surface area contributed by atoms with E-state index in [4.69, 9.17) is 16.3 Å². The normalized spacial score (nSPS) is 26.3. The lowest BCUT2D eigenvalue weighted by Crippen LogP contribution is -2.32. The van der Waals surface area contributed by atoms with Crippen LogP contribution in [0, 0.1) is 0 Å². The molecule has 0 spiro atoms. The standard InChI is InChI=1S/C12H13ClO2/c13-11-8-10(6-7-12(11)14)15-9-4-2-1-3-5-9/h1-5,10-11H,6-8H2. The Morgan fingerprint density at radius 3 is 2.67 bits per heavy atom. The molecular formula is C12H13ClO2. The third-order valence-electron chi connectivity index (χ3n) is 2.58. The number of carbonyl (C=O) groups excluding carboxylic acids is 1. The first-order valence-electron chi connectivity index (χ1n) is 5.14. The number of hydrogen-bond donors (Lipinski definition) is 0. The molecule has 0 radical (unpaired) electrons. The van der Waals surface area contributed by atoms with Crippen molar-refractivity contribution in [1.82, 2.24) is 0 Å². The number of alkyl halides is 1. The number of ether oxygens (including phenoxy) is 1. The monoisotopic (exact) mass is 224 g/mol. The van der Waals surface area contributed by atoms with Gasteiger partial charge in [-0.1, -0.05) is 18.2 Å². The van der Waals surface area contributed by atoms with E-state index < -0.39 is 0 Å². The van der Waals surface area contributed by atoms with E-state index in [0.29, 0.717) is 12.8 Å². The van der Waals surface area contributed by atoms with Crippen LogP contribution in [0.2, 0.25) is 0 Å². The first kappa shape index (κ1) is 10.5. The van der Waals surface area contributed by atoms with Crippen molar-refractivity contribution >= 4 is 17.4 Å². The van der Waals surface area contributed by atoms with Crippen LogP contribution in [0.4, 0.5) is 0 Å². The van der Waals surface area contributed by atoms with Crippen LogP contribution in [0.15, 0.2) is 30.3 Å². The highest BCUT2D eigenvalue weighted by Gasteiger charge is 2.28. The van der Waals surface area contributed by atoms with E-state index in [1.165, 1.54) is 0 Å². The largest absolute Gasteiger partial charge is 0.490 e. The molecule has 15 heavy (non-hydrogen) atoms. The smallest absolute Gasteiger partial charge is 0.150 e. The third kappa shape index (κ3) is 2.72. The molecule has 1 aromatic rings. The van der Waals surface area contributed by atoms with Crippen LogP contribution in [0.1, 0.15) is 19.3 Å². The molecular weight excluding hydrogens is 212 g/mol. The van der Waals surface area contributed by atoms with Gasteiger partial charge in [0, 0.05) is 12.8 Å².